The molecule has 1 amide bonds. The number of amides is 1. The molecule has 8 heteroatoms. The highest BCUT2D eigenvalue weighted by molar-refractivity contribution is 5.83. The number of fused-ring (bicyclic) bond motifs is 3. The van der Waals surface area contributed by atoms with Gasteiger partial charge in [-0.3, -0.25) is 14.0 Å². The molecule has 0 aliphatic rings. The van der Waals surface area contributed by atoms with Crippen LogP contribution in [-0.4, -0.2) is 51.2 Å². The van der Waals surface area contributed by atoms with Crippen LogP contribution in [0.5, 0.6) is 0 Å². The molecule has 28 heavy (non-hydrogen) atoms. The van der Waals surface area contributed by atoms with Gasteiger partial charge in [-0.25, -0.2) is 4.68 Å². The summed E-state index contributed by atoms with van der Waals surface area (Å²) in [6.45, 7) is 11.5. The number of rotatable bonds is 9. The van der Waals surface area contributed by atoms with Gasteiger partial charge in [-0.2, -0.15) is 5.10 Å². The average Bonchev–Trinajstić information content (AvgIpc) is 3.27. The SMILES string of the molecule is CC[C@H](C(=O)NCCCN(CC)CC)n1nc(C)n2c(cc3occc32)c1=O. The monoisotopic (exact) mass is 387 g/mol. The van der Waals surface area contributed by atoms with Crippen LogP contribution in [0.4, 0.5) is 0 Å². The predicted octanol–water partition coefficient (Wildman–Crippen LogP) is 2.35. The second-order valence-corrected chi connectivity index (χ2v) is 6.93. The number of nitrogens with one attached hydrogen (secondary N) is 1. The maximum absolute atomic E-state index is 13.0. The molecule has 0 bridgehead atoms. The lowest BCUT2D eigenvalue weighted by Crippen LogP contribution is -2.40. The first-order chi connectivity index (χ1) is 13.5. The van der Waals surface area contributed by atoms with Crippen molar-refractivity contribution < 1.29 is 9.21 Å². The number of nitrogens with zero attached hydrogens (tertiary/aromatic N) is 4. The molecule has 0 fully saturated rings. The van der Waals surface area contributed by atoms with E-state index in [9.17, 15) is 9.59 Å². The molecule has 0 aromatic carbocycles. The van der Waals surface area contributed by atoms with Crippen molar-refractivity contribution in [2.45, 2.75) is 46.6 Å². The topological polar surface area (TPSA) is 84.8 Å². The zero-order valence-corrected chi connectivity index (χ0v) is 17.1. The summed E-state index contributed by atoms with van der Waals surface area (Å²) in [4.78, 5) is 28.0. The molecule has 3 aromatic heterocycles. The fraction of sp³-hybridized carbons (Fsp3) is 0.550. The van der Waals surface area contributed by atoms with Gasteiger partial charge in [-0.05, 0) is 39.4 Å². The Balaban J connectivity index is 1.80. The van der Waals surface area contributed by atoms with Gasteiger partial charge >= 0.3 is 0 Å². The number of carbonyl (C=O) groups excluding carboxylic acids is 1. The Bertz CT molecular complexity index is 1010. The van der Waals surface area contributed by atoms with E-state index in [4.69, 9.17) is 4.42 Å². The first-order valence-electron chi connectivity index (χ1n) is 9.99. The van der Waals surface area contributed by atoms with Gasteiger partial charge in [-0.1, -0.05) is 20.8 Å². The number of carbonyl (C=O) groups is 1. The third-order valence-electron chi connectivity index (χ3n) is 5.26. The summed E-state index contributed by atoms with van der Waals surface area (Å²) in [6, 6.07) is 2.88. The summed E-state index contributed by atoms with van der Waals surface area (Å²) >= 11 is 0. The number of hydrogen-bond donors (Lipinski definition) is 1. The minimum atomic E-state index is -0.633. The molecule has 0 saturated carbocycles. The molecule has 1 atom stereocenters. The minimum Gasteiger partial charge on any atom is -0.463 e. The van der Waals surface area contributed by atoms with E-state index < -0.39 is 6.04 Å². The Kier molecular flexibility index (Phi) is 6.18. The molecule has 1 N–H and O–H groups in total. The summed E-state index contributed by atoms with van der Waals surface area (Å²) in [6.07, 6.45) is 2.95. The molecule has 3 heterocycles. The van der Waals surface area contributed by atoms with Gasteiger partial charge in [-0.15, -0.1) is 0 Å². The van der Waals surface area contributed by atoms with E-state index in [1.165, 1.54) is 4.68 Å². The van der Waals surface area contributed by atoms with Crippen molar-refractivity contribution in [1.82, 2.24) is 24.4 Å². The van der Waals surface area contributed by atoms with E-state index in [1.54, 1.807) is 22.8 Å². The minimum absolute atomic E-state index is 0.171. The molecule has 152 valence electrons. The second-order valence-electron chi connectivity index (χ2n) is 6.93. The van der Waals surface area contributed by atoms with Crippen LogP contribution in [0.3, 0.4) is 0 Å². The third-order valence-corrected chi connectivity index (χ3v) is 5.26. The van der Waals surface area contributed by atoms with Crippen LogP contribution < -0.4 is 10.9 Å². The van der Waals surface area contributed by atoms with Gasteiger partial charge in [0, 0.05) is 18.7 Å². The normalized spacial score (nSPS) is 12.9. The molecule has 0 aliphatic carbocycles. The number of aromatic nitrogens is 3. The van der Waals surface area contributed by atoms with Gasteiger partial charge in [0.15, 0.2) is 5.58 Å². The Labute approximate surface area is 164 Å². The second kappa shape index (κ2) is 8.60. The highest BCUT2D eigenvalue weighted by Crippen LogP contribution is 2.21. The van der Waals surface area contributed by atoms with Crippen LogP contribution in [0.15, 0.2) is 27.6 Å². The molecule has 8 nitrogen and oxygen atoms in total. The van der Waals surface area contributed by atoms with E-state index in [0.717, 1.165) is 31.6 Å². The zero-order chi connectivity index (χ0) is 20.3. The lowest BCUT2D eigenvalue weighted by molar-refractivity contribution is -0.124. The zero-order valence-electron chi connectivity index (χ0n) is 17.1. The van der Waals surface area contributed by atoms with E-state index in [2.05, 4.69) is 29.2 Å². The standard InChI is InChI=1S/C20H29N5O3/c1-5-15(19(26)21-10-8-11-23(6-2)7-3)25-20(27)17-13-18-16(9-12-28-18)24(17)14(4)22-25/h9,12-13,15H,5-8,10-11H2,1-4H3,(H,21,26)/t15-/m1/s1. The van der Waals surface area contributed by atoms with Gasteiger partial charge < -0.3 is 14.6 Å². The highest BCUT2D eigenvalue weighted by atomic mass is 16.3. The summed E-state index contributed by atoms with van der Waals surface area (Å²) in [5, 5.41) is 7.40. The first-order valence-corrected chi connectivity index (χ1v) is 9.99. The van der Waals surface area contributed by atoms with E-state index in [1.807, 2.05) is 13.8 Å². The van der Waals surface area contributed by atoms with Crippen molar-refractivity contribution in [2.75, 3.05) is 26.2 Å². The van der Waals surface area contributed by atoms with Crippen LogP contribution in [0.1, 0.15) is 45.5 Å². The van der Waals surface area contributed by atoms with E-state index in [0.29, 0.717) is 29.9 Å². The van der Waals surface area contributed by atoms with Crippen molar-refractivity contribution in [3.63, 3.8) is 0 Å². The summed E-state index contributed by atoms with van der Waals surface area (Å²) in [5.41, 5.74) is 1.61. The van der Waals surface area contributed by atoms with Crippen molar-refractivity contribution in [2.24, 2.45) is 0 Å². The molecule has 0 saturated heterocycles. The Morgan fingerprint density at radius 1 is 1.29 bits per heavy atom. The van der Waals surface area contributed by atoms with E-state index in [-0.39, 0.29) is 11.5 Å². The smallest absolute Gasteiger partial charge is 0.291 e. The van der Waals surface area contributed by atoms with Gasteiger partial charge in [0.25, 0.3) is 5.56 Å². The third kappa shape index (κ3) is 3.69. The van der Waals surface area contributed by atoms with Gasteiger partial charge in [0.1, 0.15) is 17.4 Å². The van der Waals surface area contributed by atoms with Gasteiger partial charge in [0.05, 0.1) is 11.8 Å². The predicted molar refractivity (Wildman–Crippen MR) is 109 cm³/mol. The molecule has 3 rings (SSSR count). The molecule has 0 unspecified atom stereocenters. The van der Waals surface area contributed by atoms with Crippen LogP contribution in [0.25, 0.3) is 16.6 Å². The number of furan rings is 1. The lowest BCUT2D eigenvalue weighted by Gasteiger charge is -2.20. The first kappa shape index (κ1) is 20.1. The number of hydrogen-bond acceptors (Lipinski definition) is 5. The lowest BCUT2D eigenvalue weighted by atomic mass is 10.2. The summed E-state index contributed by atoms with van der Waals surface area (Å²) in [5.74, 6) is 0.467. The molecule has 3 aromatic rings. The average molecular weight is 387 g/mol. The van der Waals surface area contributed by atoms with Gasteiger partial charge in [0.2, 0.25) is 5.91 Å². The Morgan fingerprint density at radius 3 is 2.71 bits per heavy atom. The van der Waals surface area contributed by atoms with Crippen molar-refractivity contribution in [1.29, 1.82) is 0 Å². The molecule has 0 aliphatic heterocycles. The summed E-state index contributed by atoms with van der Waals surface area (Å²) in [7, 11) is 0. The van der Waals surface area contributed by atoms with Crippen LogP contribution in [0.2, 0.25) is 0 Å². The van der Waals surface area contributed by atoms with Crippen molar-refractivity contribution >= 4 is 22.5 Å². The van der Waals surface area contributed by atoms with Crippen LogP contribution >= 0.6 is 0 Å². The van der Waals surface area contributed by atoms with Crippen molar-refractivity contribution in [3.8, 4) is 0 Å². The molecular weight excluding hydrogens is 358 g/mol. The fourth-order valence-electron chi connectivity index (χ4n) is 3.65. The highest BCUT2D eigenvalue weighted by Gasteiger charge is 2.23. The Morgan fingerprint density at radius 2 is 2.04 bits per heavy atom. The van der Waals surface area contributed by atoms with Crippen LogP contribution in [-0.2, 0) is 4.79 Å². The maximum Gasteiger partial charge on any atom is 0.291 e. The maximum atomic E-state index is 13.0. The quantitative estimate of drug-likeness (QED) is 0.570. The van der Waals surface area contributed by atoms with Crippen molar-refractivity contribution in [3.05, 3.63) is 34.6 Å². The molecular formula is C20H29N5O3. The Hall–Kier alpha value is -2.61. The van der Waals surface area contributed by atoms with E-state index >= 15 is 0 Å². The molecule has 0 spiro atoms. The molecule has 0 radical (unpaired) electrons. The number of aryl methyl sites for hydroxylation is 1. The van der Waals surface area contributed by atoms with Crippen LogP contribution in [0, 0.1) is 6.92 Å². The largest absolute Gasteiger partial charge is 0.463 e. The fourth-order valence-corrected chi connectivity index (χ4v) is 3.65. The summed E-state index contributed by atoms with van der Waals surface area (Å²) < 4.78 is 8.49.